The summed E-state index contributed by atoms with van der Waals surface area (Å²) in [5.74, 6) is 1.08. The maximum Gasteiger partial charge on any atom is 0.0989 e. The van der Waals surface area contributed by atoms with Crippen LogP contribution >= 0.6 is 11.8 Å². The molecule has 1 rings (SSSR count). The Morgan fingerprint density at radius 1 is 1.42 bits per heavy atom. The minimum absolute atomic E-state index is 0.741. The lowest BCUT2D eigenvalue weighted by Crippen LogP contribution is -2.18. The van der Waals surface area contributed by atoms with Crippen LogP contribution in [0.3, 0.4) is 0 Å². The van der Waals surface area contributed by atoms with Crippen LogP contribution in [0.2, 0.25) is 0 Å². The van der Waals surface area contributed by atoms with Gasteiger partial charge in [0.25, 0.3) is 0 Å². The standard InChI is InChI=1S/C14H25N3OS/c1-12-9-13(10-15-5-7-18-4)11-16-14(12)19-8-6-17(2)3/h9,11,15H,5-8,10H2,1-4H3. The smallest absolute Gasteiger partial charge is 0.0989 e. The quantitative estimate of drug-likeness (QED) is 0.552. The average molecular weight is 283 g/mol. The number of rotatable bonds is 9. The highest BCUT2D eigenvalue weighted by atomic mass is 32.2. The van der Waals surface area contributed by atoms with Crippen molar-refractivity contribution in [2.75, 3.05) is 46.7 Å². The summed E-state index contributed by atoms with van der Waals surface area (Å²) >= 11 is 1.82. The zero-order valence-electron chi connectivity index (χ0n) is 12.4. The molecule has 1 heterocycles. The van der Waals surface area contributed by atoms with Gasteiger partial charge in [0.05, 0.1) is 11.6 Å². The van der Waals surface area contributed by atoms with E-state index in [1.165, 1.54) is 11.1 Å². The largest absolute Gasteiger partial charge is 0.383 e. The van der Waals surface area contributed by atoms with Gasteiger partial charge < -0.3 is 15.0 Å². The molecule has 1 N–H and O–H groups in total. The van der Waals surface area contributed by atoms with E-state index >= 15 is 0 Å². The molecule has 19 heavy (non-hydrogen) atoms. The molecule has 5 heteroatoms. The van der Waals surface area contributed by atoms with Gasteiger partial charge in [0.15, 0.2) is 0 Å². The zero-order chi connectivity index (χ0) is 14.1. The van der Waals surface area contributed by atoms with Crippen molar-refractivity contribution in [1.29, 1.82) is 0 Å². The predicted octanol–water partition coefficient (Wildman–Crippen LogP) is 1.78. The summed E-state index contributed by atoms with van der Waals surface area (Å²) in [7, 11) is 5.90. The Kier molecular flexibility index (Phi) is 8.05. The topological polar surface area (TPSA) is 37.4 Å². The highest BCUT2D eigenvalue weighted by Gasteiger charge is 2.03. The Balaban J connectivity index is 2.40. The van der Waals surface area contributed by atoms with Crippen molar-refractivity contribution in [1.82, 2.24) is 15.2 Å². The van der Waals surface area contributed by atoms with Crippen LogP contribution < -0.4 is 5.32 Å². The van der Waals surface area contributed by atoms with Crippen molar-refractivity contribution in [2.24, 2.45) is 0 Å². The molecule has 0 bridgehead atoms. The third kappa shape index (κ3) is 6.92. The van der Waals surface area contributed by atoms with Gasteiger partial charge in [-0.1, -0.05) is 6.07 Å². The van der Waals surface area contributed by atoms with Gasteiger partial charge in [-0.15, -0.1) is 11.8 Å². The second kappa shape index (κ2) is 9.31. The average Bonchev–Trinajstić information content (AvgIpc) is 2.37. The fourth-order valence-corrected chi connectivity index (χ4v) is 2.66. The number of aryl methyl sites for hydroxylation is 1. The summed E-state index contributed by atoms with van der Waals surface area (Å²) in [6.45, 7) is 5.66. The number of hydrogen-bond acceptors (Lipinski definition) is 5. The van der Waals surface area contributed by atoms with E-state index < -0.39 is 0 Å². The summed E-state index contributed by atoms with van der Waals surface area (Å²) in [4.78, 5) is 6.74. The molecular formula is C14H25N3OS. The molecule has 0 saturated heterocycles. The number of nitrogens with one attached hydrogen (secondary N) is 1. The third-order valence-electron chi connectivity index (χ3n) is 2.68. The van der Waals surface area contributed by atoms with Crippen molar-refractivity contribution in [3.63, 3.8) is 0 Å². The second-order valence-corrected chi connectivity index (χ2v) is 5.87. The van der Waals surface area contributed by atoms with E-state index in [1.54, 1.807) is 7.11 Å². The monoisotopic (exact) mass is 283 g/mol. The Labute approximate surface area is 120 Å². The Hall–Kier alpha value is -0.620. The lowest BCUT2D eigenvalue weighted by atomic mass is 10.2. The molecular weight excluding hydrogens is 258 g/mol. The van der Waals surface area contributed by atoms with E-state index in [4.69, 9.17) is 4.74 Å². The number of ether oxygens (including phenoxy) is 1. The molecule has 0 atom stereocenters. The first-order chi connectivity index (χ1) is 9.13. The van der Waals surface area contributed by atoms with E-state index in [0.29, 0.717) is 0 Å². The molecule has 1 aromatic rings. The van der Waals surface area contributed by atoms with Crippen LogP contribution in [0.15, 0.2) is 17.3 Å². The van der Waals surface area contributed by atoms with Crippen LogP contribution in [-0.4, -0.2) is 56.5 Å². The lowest BCUT2D eigenvalue weighted by Gasteiger charge is -2.11. The van der Waals surface area contributed by atoms with Crippen molar-refractivity contribution < 1.29 is 4.74 Å². The van der Waals surface area contributed by atoms with Gasteiger partial charge in [-0.25, -0.2) is 4.98 Å². The zero-order valence-corrected chi connectivity index (χ0v) is 13.2. The van der Waals surface area contributed by atoms with Crippen molar-refractivity contribution in [3.05, 3.63) is 23.4 Å². The van der Waals surface area contributed by atoms with Gasteiger partial charge in [-0.05, 0) is 32.1 Å². The summed E-state index contributed by atoms with van der Waals surface area (Å²) < 4.78 is 5.00. The Morgan fingerprint density at radius 2 is 2.21 bits per heavy atom. The van der Waals surface area contributed by atoms with Gasteiger partial charge in [0.1, 0.15) is 0 Å². The van der Waals surface area contributed by atoms with E-state index in [-0.39, 0.29) is 0 Å². The number of methoxy groups -OCH3 is 1. The van der Waals surface area contributed by atoms with Crippen LogP contribution in [0.25, 0.3) is 0 Å². The molecule has 0 spiro atoms. The number of nitrogens with zero attached hydrogens (tertiary/aromatic N) is 2. The molecule has 0 aliphatic carbocycles. The minimum atomic E-state index is 0.741. The summed E-state index contributed by atoms with van der Waals surface area (Å²) in [6.07, 6.45) is 1.96. The normalized spacial score (nSPS) is 11.2. The van der Waals surface area contributed by atoms with Crippen LogP contribution in [-0.2, 0) is 11.3 Å². The van der Waals surface area contributed by atoms with E-state index in [1.807, 2.05) is 18.0 Å². The second-order valence-electron chi connectivity index (χ2n) is 4.79. The molecule has 0 amide bonds. The fraction of sp³-hybridized carbons (Fsp3) is 0.643. The number of thioether (sulfide) groups is 1. The predicted molar refractivity (Wildman–Crippen MR) is 81.8 cm³/mol. The summed E-state index contributed by atoms with van der Waals surface area (Å²) in [6, 6.07) is 2.21. The first-order valence-corrected chi connectivity index (χ1v) is 7.54. The van der Waals surface area contributed by atoms with Gasteiger partial charge in [0, 0.05) is 38.7 Å². The molecule has 0 radical (unpaired) electrons. The first kappa shape index (κ1) is 16.4. The maximum atomic E-state index is 5.00. The van der Waals surface area contributed by atoms with Crippen LogP contribution in [0, 0.1) is 6.92 Å². The summed E-state index contributed by atoms with van der Waals surface area (Å²) in [5, 5.41) is 4.47. The molecule has 4 nitrogen and oxygen atoms in total. The first-order valence-electron chi connectivity index (χ1n) is 6.56. The molecule has 0 saturated carbocycles. The summed E-state index contributed by atoms with van der Waals surface area (Å²) in [5.41, 5.74) is 2.49. The molecule has 0 aliphatic heterocycles. The van der Waals surface area contributed by atoms with Crippen LogP contribution in [0.5, 0.6) is 0 Å². The van der Waals surface area contributed by atoms with E-state index in [2.05, 4.69) is 42.3 Å². The minimum Gasteiger partial charge on any atom is -0.383 e. The Morgan fingerprint density at radius 3 is 2.84 bits per heavy atom. The van der Waals surface area contributed by atoms with E-state index in [0.717, 1.165) is 37.0 Å². The third-order valence-corrected chi connectivity index (χ3v) is 3.76. The van der Waals surface area contributed by atoms with Gasteiger partial charge in [-0.2, -0.15) is 0 Å². The van der Waals surface area contributed by atoms with E-state index in [9.17, 15) is 0 Å². The highest BCUT2D eigenvalue weighted by molar-refractivity contribution is 7.99. The molecule has 1 aromatic heterocycles. The van der Waals surface area contributed by atoms with Crippen LogP contribution in [0.4, 0.5) is 0 Å². The van der Waals surface area contributed by atoms with Crippen molar-refractivity contribution >= 4 is 11.8 Å². The number of pyridine rings is 1. The lowest BCUT2D eigenvalue weighted by molar-refractivity contribution is 0.199. The van der Waals surface area contributed by atoms with Gasteiger partial charge in [0.2, 0.25) is 0 Å². The SMILES string of the molecule is COCCNCc1cnc(SCCN(C)C)c(C)c1. The highest BCUT2D eigenvalue weighted by Crippen LogP contribution is 2.20. The molecule has 0 aliphatic rings. The van der Waals surface area contributed by atoms with Crippen LogP contribution in [0.1, 0.15) is 11.1 Å². The van der Waals surface area contributed by atoms with Gasteiger partial charge in [-0.3, -0.25) is 0 Å². The maximum absolute atomic E-state index is 5.00. The molecule has 108 valence electrons. The number of hydrogen-bond donors (Lipinski definition) is 1. The van der Waals surface area contributed by atoms with Crippen molar-refractivity contribution in [3.8, 4) is 0 Å². The van der Waals surface area contributed by atoms with Gasteiger partial charge >= 0.3 is 0 Å². The fourth-order valence-electron chi connectivity index (χ4n) is 1.60. The van der Waals surface area contributed by atoms with Crippen molar-refractivity contribution in [2.45, 2.75) is 18.5 Å². The molecule has 0 fully saturated rings. The molecule has 0 unspecified atom stereocenters. The molecule has 0 aromatic carbocycles. The number of aromatic nitrogens is 1. The Bertz CT molecular complexity index is 372.